The smallest absolute Gasteiger partial charge is 0.147 e. The lowest BCUT2D eigenvalue weighted by Crippen LogP contribution is -2.09. The van der Waals surface area contributed by atoms with E-state index in [0.29, 0.717) is 11.8 Å². The van der Waals surface area contributed by atoms with Gasteiger partial charge in [0.05, 0.1) is 6.20 Å². The Morgan fingerprint density at radius 1 is 1.53 bits per heavy atom. The van der Waals surface area contributed by atoms with E-state index in [0.717, 1.165) is 21.6 Å². The number of ether oxygens (including phenoxy) is 1. The highest BCUT2D eigenvalue weighted by atomic mass is 79.9. The Labute approximate surface area is 125 Å². The lowest BCUT2D eigenvalue weighted by atomic mass is 10.1. The van der Waals surface area contributed by atoms with Crippen molar-refractivity contribution in [2.75, 3.05) is 0 Å². The Hall–Kier alpha value is -1.04. The van der Waals surface area contributed by atoms with Crippen LogP contribution in [0.1, 0.15) is 24.4 Å². The first-order valence-corrected chi connectivity index (χ1v) is 7.00. The van der Waals surface area contributed by atoms with E-state index in [2.05, 4.69) is 20.9 Å². The third-order valence-electron chi connectivity index (χ3n) is 2.85. The molecule has 1 heterocycles. The minimum absolute atomic E-state index is 0.0898. The largest absolute Gasteiger partial charge is 0.485 e. The molecule has 0 spiro atoms. The predicted octanol–water partition coefficient (Wildman–Crippen LogP) is 3.43. The fourth-order valence-electron chi connectivity index (χ4n) is 1.71. The van der Waals surface area contributed by atoms with Gasteiger partial charge in [0.25, 0.3) is 0 Å². The van der Waals surface area contributed by atoms with Crippen LogP contribution in [0.3, 0.4) is 0 Å². The number of hydrogen-bond acceptors (Lipinski definition) is 3. The van der Waals surface area contributed by atoms with Crippen LogP contribution in [0.15, 0.2) is 28.9 Å². The molecular weight excluding hydrogens is 330 g/mol. The second-order valence-electron chi connectivity index (χ2n) is 4.32. The summed E-state index contributed by atoms with van der Waals surface area (Å²) < 4.78 is 8.54. The molecule has 1 atom stereocenters. The van der Waals surface area contributed by atoms with Crippen molar-refractivity contribution in [3.63, 3.8) is 0 Å². The number of hydrogen-bond donors (Lipinski definition) is 1. The zero-order chi connectivity index (χ0) is 14.0. The maximum atomic E-state index is 5.94. The van der Waals surface area contributed by atoms with E-state index in [9.17, 15) is 0 Å². The molecule has 0 radical (unpaired) electrons. The minimum Gasteiger partial charge on any atom is -0.485 e. The molecule has 1 aromatic carbocycles. The zero-order valence-electron chi connectivity index (χ0n) is 10.7. The molecule has 0 aliphatic carbocycles. The highest BCUT2D eigenvalue weighted by Gasteiger charge is 2.11. The molecule has 0 bridgehead atoms. The van der Waals surface area contributed by atoms with Crippen molar-refractivity contribution in [2.24, 2.45) is 12.8 Å². The van der Waals surface area contributed by atoms with Gasteiger partial charge in [0.2, 0.25) is 0 Å². The van der Waals surface area contributed by atoms with E-state index < -0.39 is 0 Å². The van der Waals surface area contributed by atoms with Gasteiger partial charge in [-0.2, -0.15) is 0 Å². The van der Waals surface area contributed by atoms with Crippen molar-refractivity contribution < 1.29 is 4.74 Å². The summed E-state index contributed by atoms with van der Waals surface area (Å²) in [5, 5.41) is 0.584. The first-order valence-electron chi connectivity index (χ1n) is 5.83. The van der Waals surface area contributed by atoms with Gasteiger partial charge in [0.15, 0.2) is 0 Å². The quantitative estimate of drug-likeness (QED) is 0.924. The average Bonchev–Trinajstić information content (AvgIpc) is 2.67. The first-order chi connectivity index (χ1) is 8.99. The fraction of sp³-hybridized carbons (Fsp3) is 0.308. The molecule has 2 N–H and O–H groups in total. The molecule has 0 amide bonds. The Morgan fingerprint density at radius 3 is 2.84 bits per heavy atom. The summed E-state index contributed by atoms with van der Waals surface area (Å²) in [6.45, 7) is 2.27. The molecule has 2 aromatic rings. The van der Waals surface area contributed by atoms with Crippen LogP contribution in [0.5, 0.6) is 5.75 Å². The van der Waals surface area contributed by atoms with Gasteiger partial charge in [0.1, 0.15) is 23.3 Å². The third kappa shape index (κ3) is 3.29. The molecular formula is C13H15BrClN3O. The predicted molar refractivity (Wildman–Crippen MR) is 79.3 cm³/mol. The maximum absolute atomic E-state index is 5.94. The standard InChI is InChI=1S/C13H15BrClN3O/c1-8(16)10-4-3-9(14)5-11(10)19-7-13-17-6-12(15)18(13)2/h3-6,8H,7,16H2,1-2H3/t8-/m1/s1. The van der Waals surface area contributed by atoms with Crippen molar-refractivity contribution in [1.82, 2.24) is 9.55 Å². The van der Waals surface area contributed by atoms with Gasteiger partial charge in [-0.25, -0.2) is 4.98 Å². The lowest BCUT2D eigenvalue weighted by Gasteiger charge is -2.14. The van der Waals surface area contributed by atoms with E-state index in [-0.39, 0.29) is 6.04 Å². The summed E-state index contributed by atoms with van der Waals surface area (Å²) in [7, 11) is 1.85. The monoisotopic (exact) mass is 343 g/mol. The second-order valence-corrected chi connectivity index (χ2v) is 5.62. The van der Waals surface area contributed by atoms with Crippen molar-refractivity contribution in [2.45, 2.75) is 19.6 Å². The van der Waals surface area contributed by atoms with Crippen LogP contribution >= 0.6 is 27.5 Å². The minimum atomic E-state index is -0.0898. The SMILES string of the molecule is C[C@@H](N)c1ccc(Br)cc1OCc1ncc(Cl)n1C. The Bertz CT molecular complexity index is 583. The average molecular weight is 345 g/mol. The van der Waals surface area contributed by atoms with Crippen LogP contribution in [0.25, 0.3) is 0 Å². The Morgan fingerprint density at radius 2 is 2.26 bits per heavy atom. The van der Waals surface area contributed by atoms with Gasteiger partial charge in [-0.3, -0.25) is 0 Å². The molecule has 2 rings (SSSR count). The third-order valence-corrected chi connectivity index (χ3v) is 3.70. The molecule has 0 saturated heterocycles. The summed E-state index contributed by atoms with van der Waals surface area (Å²) in [5.41, 5.74) is 6.89. The molecule has 19 heavy (non-hydrogen) atoms. The van der Waals surface area contributed by atoms with Crippen molar-refractivity contribution in [1.29, 1.82) is 0 Å². The summed E-state index contributed by atoms with van der Waals surface area (Å²) in [6.07, 6.45) is 1.60. The lowest BCUT2D eigenvalue weighted by molar-refractivity contribution is 0.287. The van der Waals surface area contributed by atoms with Crippen LogP contribution in [0.2, 0.25) is 5.15 Å². The van der Waals surface area contributed by atoms with E-state index in [1.54, 1.807) is 10.8 Å². The molecule has 1 aromatic heterocycles. The summed E-state index contributed by atoms with van der Waals surface area (Å²) in [4.78, 5) is 4.19. The van der Waals surface area contributed by atoms with E-state index in [1.807, 2.05) is 32.2 Å². The Kier molecular flexibility index (Phi) is 4.50. The molecule has 0 aliphatic heterocycles. The molecule has 0 fully saturated rings. The van der Waals surface area contributed by atoms with Gasteiger partial charge >= 0.3 is 0 Å². The highest BCUT2D eigenvalue weighted by molar-refractivity contribution is 9.10. The maximum Gasteiger partial charge on any atom is 0.147 e. The number of nitrogens with two attached hydrogens (primary N) is 1. The highest BCUT2D eigenvalue weighted by Crippen LogP contribution is 2.28. The molecule has 0 unspecified atom stereocenters. The summed E-state index contributed by atoms with van der Waals surface area (Å²) in [5.74, 6) is 1.52. The number of benzene rings is 1. The first kappa shape index (κ1) is 14.4. The van der Waals surface area contributed by atoms with E-state index in [1.165, 1.54) is 0 Å². The van der Waals surface area contributed by atoms with Gasteiger partial charge < -0.3 is 15.0 Å². The zero-order valence-corrected chi connectivity index (χ0v) is 13.1. The van der Waals surface area contributed by atoms with Crippen molar-refractivity contribution in [3.05, 3.63) is 45.4 Å². The molecule has 4 nitrogen and oxygen atoms in total. The molecule has 102 valence electrons. The molecule has 0 saturated carbocycles. The van der Waals surface area contributed by atoms with E-state index in [4.69, 9.17) is 22.1 Å². The van der Waals surface area contributed by atoms with Crippen LogP contribution in [0, 0.1) is 0 Å². The van der Waals surface area contributed by atoms with Gasteiger partial charge in [0, 0.05) is 23.1 Å². The van der Waals surface area contributed by atoms with Crippen LogP contribution < -0.4 is 10.5 Å². The number of rotatable bonds is 4. The number of nitrogens with zero attached hydrogens (tertiary/aromatic N) is 2. The van der Waals surface area contributed by atoms with Crippen molar-refractivity contribution >= 4 is 27.5 Å². The van der Waals surface area contributed by atoms with E-state index >= 15 is 0 Å². The normalized spacial score (nSPS) is 12.5. The number of halogens is 2. The van der Waals surface area contributed by atoms with Gasteiger partial charge in [-0.1, -0.05) is 33.6 Å². The van der Waals surface area contributed by atoms with Crippen LogP contribution in [0.4, 0.5) is 0 Å². The topological polar surface area (TPSA) is 53.1 Å². The molecule has 0 aliphatic rings. The van der Waals surface area contributed by atoms with Crippen molar-refractivity contribution in [3.8, 4) is 5.75 Å². The van der Waals surface area contributed by atoms with Crippen LogP contribution in [-0.2, 0) is 13.7 Å². The van der Waals surface area contributed by atoms with Gasteiger partial charge in [-0.15, -0.1) is 0 Å². The van der Waals surface area contributed by atoms with Crippen LogP contribution in [-0.4, -0.2) is 9.55 Å². The summed E-state index contributed by atoms with van der Waals surface area (Å²) >= 11 is 9.36. The Balaban J connectivity index is 2.19. The number of imidazole rings is 1. The molecule has 6 heteroatoms. The second kappa shape index (κ2) is 5.94. The summed E-state index contributed by atoms with van der Waals surface area (Å²) in [6, 6.07) is 5.72. The number of aromatic nitrogens is 2. The van der Waals surface area contributed by atoms with Gasteiger partial charge in [-0.05, 0) is 19.1 Å². The fourth-order valence-corrected chi connectivity index (χ4v) is 2.20.